The number of carbonyl (C=O) groups is 2. The Hall–Kier alpha value is -5.15. The molecule has 2 amide bonds. The van der Waals surface area contributed by atoms with Gasteiger partial charge in [-0.15, -0.1) is 0 Å². The molecule has 0 saturated heterocycles. The molecule has 290 valence electrons. The first kappa shape index (κ1) is 41.6. The molecule has 0 fully saturated rings. The van der Waals surface area contributed by atoms with Crippen LogP contribution < -0.4 is 14.8 Å². The quantitative estimate of drug-likeness (QED) is 0.167. The third-order valence-electron chi connectivity index (χ3n) is 8.14. The van der Waals surface area contributed by atoms with E-state index in [1.165, 1.54) is 12.1 Å². The van der Waals surface area contributed by atoms with Gasteiger partial charge in [0.15, 0.2) is 5.75 Å². The molecule has 15 heteroatoms. The number of halogens is 7. The van der Waals surface area contributed by atoms with E-state index in [0.717, 1.165) is 29.8 Å². The van der Waals surface area contributed by atoms with E-state index < -0.39 is 41.0 Å². The molecule has 1 heterocycles. The Balaban J connectivity index is 0.000000258. The van der Waals surface area contributed by atoms with Crippen LogP contribution in [0.25, 0.3) is 0 Å². The van der Waals surface area contributed by atoms with E-state index in [9.17, 15) is 45.4 Å². The third-order valence-corrected chi connectivity index (χ3v) is 8.14. The van der Waals surface area contributed by atoms with Gasteiger partial charge in [-0.3, -0.25) is 9.59 Å². The number of anilines is 1. The number of alkyl halides is 6. The number of ether oxygens (including phenoxy) is 2. The van der Waals surface area contributed by atoms with E-state index in [0.29, 0.717) is 37.0 Å². The molecule has 2 N–H and O–H groups in total. The van der Waals surface area contributed by atoms with Crippen molar-refractivity contribution in [3.05, 3.63) is 119 Å². The van der Waals surface area contributed by atoms with Crippen molar-refractivity contribution in [1.29, 1.82) is 0 Å². The maximum absolute atomic E-state index is 13.1. The van der Waals surface area contributed by atoms with Crippen molar-refractivity contribution in [2.24, 2.45) is 5.92 Å². The summed E-state index contributed by atoms with van der Waals surface area (Å²) in [6.07, 6.45) is -9.26. The van der Waals surface area contributed by atoms with E-state index in [1.54, 1.807) is 54.3 Å². The fourth-order valence-corrected chi connectivity index (χ4v) is 5.45. The molecule has 8 nitrogen and oxygen atoms in total. The lowest BCUT2D eigenvalue weighted by atomic mass is 10.0. The Morgan fingerprint density at radius 3 is 2.20 bits per heavy atom. The number of rotatable bonds is 9. The zero-order chi connectivity index (χ0) is 39.8. The molecular formula is C39H40F7N3O5. The Morgan fingerprint density at radius 1 is 0.963 bits per heavy atom. The summed E-state index contributed by atoms with van der Waals surface area (Å²) in [6.45, 7) is 4.93. The van der Waals surface area contributed by atoms with Crippen LogP contribution in [-0.4, -0.2) is 66.6 Å². The number of nitrogens with one attached hydrogen (secondary N) is 1. The molecule has 0 radical (unpaired) electrons. The highest BCUT2D eigenvalue weighted by atomic mass is 19.4. The summed E-state index contributed by atoms with van der Waals surface area (Å²) in [5.74, 6) is -1.65. The number of para-hydroxylation sites is 1. The Kier molecular flexibility index (Phi) is 13.7. The van der Waals surface area contributed by atoms with Crippen molar-refractivity contribution in [3.8, 4) is 17.2 Å². The number of benzene rings is 4. The molecule has 4 aromatic rings. The number of carbonyl (C=O) groups excluding carboxylic acids is 2. The molecule has 0 spiro atoms. The first-order valence-corrected chi connectivity index (χ1v) is 16.8. The van der Waals surface area contributed by atoms with Crippen LogP contribution in [0.1, 0.15) is 46.5 Å². The number of hydrogen-bond donors (Lipinski definition) is 2. The average Bonchev–Trinajstić information content (AvgIpc) is 3.10. The summed E-state index contributed by atoms with van der Waals surface area (Å²) < 4.78 is 101. The molecular weight excluding hydrogens is 723 g/mol. The molecule has 0 saturated carbocycles. The highest BCUT2D eigenvalue weighted by molar-refractivity contribution is 6.02. The van der Waals surface area contributed by atoms with Gasteiger partial charge in [-0.25, -0.2) is 4.39 Å². The predicted molar refractivity (Wildman–Crippen MR) is 188 cm³/mol. The van der Waals surface area contributed by atoms with Gasteiger partial charge in [0.25, 0.3) is 5.91 Å². The van der Waals surface area contributed by atoms with Crippen molar-refractivity contribution in [1.82, 2.24) is 9.80 Å². The van der Waals surface area contributed by atoms with E-state index in [1.807, 2.05) is 25.9 Å². The molecule has 1 aliphatic heterocycles. The monoisotopic (exact) mass is 763 g/mol. The van der Waals surface area contributed by atoms with Gasteiger partial charge in [0.2, 0.25) is 5.91 Å². The lowest BCUT2D eigenvalue weighted by Crippen LogP contribution is -2.45. The summed E-state index contributed by atoms with van der Waals surface area (Å²) >= 11 is 0. The van der Waals surface area contributed by atoms with Crippen LogP contribution in [-0.2, 0) is 30.1 Å². The first-order valence-electron chi connectivity index (χ1n) is 16.8. The lowest BCUT2D eigenvalue weighted by molar-refractivity contribution is -0.139. The van der Waals surface area contributed by atoms with E-state index in [4.69, 9.17) is 9.47 Å². The first-order chi connectivity index (χ1) is 25.3. The molecule has 0 aliphatic carbocycles. The van der Waals surface area contributed by atoms with Crippen LogP contribution in [0.2, 0.25) is 0 Å². The van der Waals surface area contributed by atoms with Crippen molar-refractivity contribution >= 4 is 17.5 Å². The fourth-order valence-electron chi connectivity index (χ4n) is 5.45. The summed E-state index contributed by atoms with van der Waals surface area (Å²) in [7, 11) is 3.83. The van der Waals surface area contributed by atoms with Crippen LogP contribution in [0.15, 0.2) is 84.9 Å². The topological polar surface area (TPSA) is 91.3 Å². The predicted octanol–water partition coefficient (Wildman–Crippen LogP) is 8.44. The normalized spacial score (nSPS) is 15.2. The maximum Gasteiger partial charge on any atom is 0.420 e. The largest absolute Gasteiger partial charge is 0.490 e. The summed E-state index contributed by atoms with van der Waals surface area (Å²) in [6, 6.07) is 17.9. The zero-order valence-corrected chi connectivity index (χ0v) is 29.9. The maximum atomic E-state index is 13.1. The molecule has 5 rings (SSSR count). The second kappa shape index (κ2) is 17.8. The van der Waals surface area contributed by atoms with E-state index in [2.05, 4.69) is 5.32 Å². The van der Waals surface area contributed by atoms with Gasteiger partial charge in [-0.05, 0) is 86.7 Å². The highest BCUT2D eigenvalue weighted by Crippen LogP contribution is 2.39. The standard InChI is InChI=1S/C23H25F3N2O4.C16H15F4NO/c1-14-11-28(15(2)12-29)22(31)18-4-3-5-19(21(18)32-13-14)27-20(30)10-16-6-8-17(9-7-16)23(24,25)26;1-21(2)10-11-3-6-13(7-4-11)22-15-8-5-12(17)9-14(15)16(18,19)20/h3-9,14-15,29H,10-13H2,1-2H3,(H,27,30);3-9H,10H2,1-2H3/t14-,15+;/m1./s1. The highest BCUT2D eigenvalue weighted by Gasteiger charge is 2.35. The zero-order valence-electron chi connectivity index (χ0n) is 29.9. The second-order valence-corrected chi connectivity index (χ2v) is 13.1. The smallest absolute Gasteiger partial charge is 0.420 e. The number of aliphatic hydroxyl groups is 1. The average molecular weight is 764 g/mol. The van der Waals surface area contributed by atoms with Crippen LogP contribution in [0.5, 0.6) is 17.2 Å². The Morgan fingerprint density at radius 2 is 1.61 bits per heavy atom. The number of fused-ring (bicyclic) bond motifs is 1. The summed E-state index contributed by atoms with van der Waals surface area (Å²) in [5, 5.41) is 12.2. The summed E-state index contributed by atoms with van der Waals surface area (Å²) in [5.41, 5.74) is 0.0806. The third kappa shape index (κ3) is 11.4. The molecule has 4 aromatic carbocycles. The number of aliphatic hydroxyl groups excluding tert-OH is 1. The van der Waals surface area contributed by atoms with Crippen LogP contribution >= 0.6 is 0 Å². The van der Waals surface area contributed by atoms with E-state index >= 15 is 0 Å². The molecule has 0 unspecified atom stereocenters. The molecule has 0 bridgehead atoms. The molecule has 2 atom stereocenters. The minimum Gasteiger partial charge on any atom is -0.490 e. The minimum absolute atomic E-state index is 0.00277. The number of nitrogens with zero attached hydrogens (tertiary/aromatic N) is 2. The van der Waals surface area contributed by atoms with Gasteiger partial charge in [0.05, 0.1) is 42.5 Å². The van der Waals surface area contributed by atoms with Gasteiger partial charge < -0.3 is 29.7 Å². The van der Waals surface area contributed by atoms with Gasteiger partial charge in [-0.1, -0.05) is 37.3 Å². The number of hydrogen-bond acceptors (Lipinski definition) is 6. The van der Waals surface area contributed by atoms with E-state index in [-0.39, 0.29) is 48.0 Å². The lowest BCUT2D eigenvalue weighted by Gasteiger charge is -2.33. The van der Waals surface area contributed by atoms with Crippen LogP contribution in [0.4, 0.5) is 36.4 Å². The Labute approximate surface area is 308 Å². The molecule has 1 aliphatic rings. The van der Waals surface area contributed by atoms with Crippen LogP contribution in [0, 0.1) is 11.7 Å². The van der Waals surface area contributed by atoms with Gasteiger partial charge in [0, 0.05) is 19.0 Å². The molecule has 0 aromatic heterocycles. The Bertz CT molecular complexity index is 1880. The number of amides is 2. The van der Waals surface area contributed by atoms with Gasteiger partial charge in [0.1, 0.15) is 22.9 Å². The van der Waals surface area contributed by atoms with Crippen LogP contribution in [0.3, 0.4) is 0 Å². The van der Waals surface area contributed by atoms with Crippen molar-refractivity contribution in [2.45, 2.75) is 45.2 Å². The van der Waals surface area contributed by atoms with Crippen molar-refractivity contribution in [2.75, 3.05) is 39.2 Å². The fraction of sp³-hybridized carbons (Fsp3) is 0.333. The second-order valence-electron chi connectivity index (χ2n) is 13.1. The molecule has 54 heavy (non-hydrogen) atoms. The van der Waals surface area contributed by atoms with Crippen molar-refractivity contribution < 1.29 is 54.9 Å². The van der Waals surface area contributed by atoms with Gasteiger partial charge in [-0.2, -0.15) is 26.3 Å². The SMILES string of the molecule is CN(C)Cc1ccc(Oc2ccc(F)cc2C(F)(F)F)cc1.C[C@H]1COc2c(NC(=O)Cc3ccc(C(F)(F)F)cc3)cccc2C(=O)N([C@@H](C)CO)C1. The van der Waals surface area contributed by atoms with Crippen molar-refractivity contribution in [3.63, 3.8) is 0 Å². The summed E-state index contributed by atoms with van der Waals surface area (Å²) in [4.78, 5) is 29.2. The minimum atomic E-state index is -4.68. The van der Waals surface area contributed by atoms with Gasteiger partial charge >= 0.3 is 12.4 Å².